The average Bonchev–Trinajstić information content (AvgIpc) is 3.24. The zero-order chi connectivity index (χ0) is 24.4. The van der Waals surface area contributed by atoms with Crippen molar-refractivity contribution < 1.29 is 4.79 Å². The predicted molar refractivity (Wildman–Crippen MR) is 145 cm³/mol. The highest BCUT2D eigenvalue weighted by atomic mass is 35.5. The van der Waals surface area contributed by atoms with Crippen molar-refractivity contribution >= 4 is 68.6 Å². The molecule has 0 bridgehead atoms. The summed E-state index contributed by atoms with van der Waals surface area (Å²) < 4.78 is 1.61. The molecule has 1 amide bonds. The van der Waals surface area contributed by atoms with Crippen LogP contribution >= 0.6 is 46.3 Å². The number of halogens is 2. The molecule has 0 spiro atoms. The summed E-state index contributed by atoms with van der Waals surface area (Å²) in [6.45, 7) is 0. The summed E-state index contributed by atoms with van der Waals surface area (Å²) in [5.41, 5.74) is 4.87. The van der Waals surface area contributed by atoms with Gasteiger partial charge in [0, 0.05) is 10.4 Å². The zero-order valence-electron chi connectivity index (χ0n) is 18.5. The Labute approximate surface area is 220 Å². The molecule has 1 N–H and O–H groups in total. The van der Waals surface area contributed by atoms with Gasteiger partial charge in [-0.25, -0.2) is 10.4 Å². The number of aromatic nitrogens is 2. The van der Waals surface area contributed by atoms with Crippen LogP contribution in [0.5, 0.6) is 0 Å². The molecule has 178 valence electrons. The van der Waals surface area contributed by atoms with Gasteiger partial charge in [-0.1, -0.05) is 65.3 Å². The number of hydrogen-bond donors (Lipinski definition) is 1. The Morgan fingerprint density at radius 1 is 1.14 bits per heavy atom. The van der Waals surface area contributed by atoms with Gasteiger partial charge in [0.05, 0.1) is 33.1 Å². The summed E-state index contributed by atoms with van der Waals surface area (Å²) in [6.07, 6.45) is 5.55. The maximum absolute atomic E-state index is 13.7. The van der Waals surface area contributed by atoms with Gasteiger partial charge in [-0.3, -0.25) is 14.2 Å². The molecular formula is C25H20Cl2N4O2S2. The summed E-state index contributed by atoms with van der Waals surface area (Å²) in [5, 5.41) is 5.95. The van der Waals surface area contributed by atoms with Crippen LogP contribution in [-0.2, 0) is 17.6 Å². The Kier molecular flexibility index (Phi) is 7.24. The molecule has 1 aliphatic rings. The lowest BCUT2D eigenvalue weighted by atomic mass is 9.97. The van der Waals surface area contributed by atoms with Crippen LogP contribution in [0.2, 0.25) is 10.0 Å². The van der Waals surface area contributed by atoms with Gasteiger partial charge in [-0.15, -0.1) is 11.3 Å². The summed E-state index contributed by atoms with van der Waals surface area (Å²) in [6, 6.07) is 14.6. The van der Waals surface area contributed by atoms with Gasteiger partial charge in [-0.05, 0) is 49.4 Å². The lowest BCUT2D eigenvalue weighted by Crippen LogP contribution is -2.24. The van der Waals surface area contributed by atoms with Crippen molar-refractivity contribution in [3.63, 3.8) is 0 Å². The summed E-state index contributed by atoms with van der Waals surface area (Å²) in [7, 11) is 0. The van der Waals surface area contributed by atoms with E-state index in [-0.39, 0.29) is 17.2 Å². The number of benzene rings is 2. The Morgan fingerprint density at radius 2 is 1.94 bits per heavy atom. The van der Waals surface area contributed by atoms with Crippen molar-refractivity contribution in [2.75, 3.05) is 5.75 Å². The number of fused-ring (bicyclic) bond motifs is 3. The molecule has 10 heteroatoms. The minimum Gasteiger partial charge on any atom is -0.272 e. The zero-order valence-corrected chi connectivity index (χ0v) is 21.6. The lowest BCUT2D eigenvalue weighted by Gasteiger charge is -2.13. The molecule has 0 saturated carbocycles. The van der Waals surface area contributed by atoms with E-state index in [0.29, 0.717) is 26.2 Å². The SMILES string of the molecule is O=C(CSc1nc2sc3c(c2c(=O)n1-c1ccccc1)CCCC3)N/N=C/c1cccc(Cl)c1Cl. The topological polar surface area (TPSA) is 76.3 Å². The van der Waals surface area contributed by atoms with E-state index >= 15 is 0 Å². The molecule has 0 atom stereocenters. The third-order valence-electron chi connectivity index (χ3n) is 5.68. The number of hydrazone groups is 1. The van der Waals surface area contributed by atoms with Crippen molar-refractivity contribution in [3.8, 4) is 5.69 Å². The minimum atomic E-state index is -0.330. The third-order valence-corrected chi connectivity index (χ3v) is 8.64. The maximum Gasteiger partial charge on any atom is 0.267 e. The van der Waals surface area contributed by atoms with Crippen LogP contribution in [0.3, 0.4) is 0 Å². The third kappa shape index (κ3) is 5.02. The van der Waals surface area contributed by atoms with Crippen molar-refractivity contribution in [2.45, 2.75) is 30.8 Å². The van der Waals surface area contributed by atoms with Gasteiger partial charge in [0.1, 0.15) is 4.83 Å². The highest BCUT2D eigenvalue weighted by Crippen LogP contribution is 2.35. The number of thioether (sulfide) groups is 1. The second-order valence-electron chi connectivity index (χ2n) is 7.99. The molecule has 0 fully saturated rings. The van der Waals surface area contributed by atoms with Crippen LogP contribution in [-0.4, -0.2) is 27.4 Å². The van der Waals surface area contributed by atoms with E-state index in [9.17, 15) is 9.59 Å². The van der Waals surface area contributed by atoms with Crippen LogP contribution in [0.1, 0.15) is 28.8 Å². The Morgan fingerprint density at radius 3 is 2.77 bits per heavy atom. The molecule has 5 rings (SSSR count). The van der Waals surface area contributed by atoms with Crippen molar-refractivity contribution in [2.24, 2.45) is 5.10 Å². The summed E-state index contributed by atoms with van der Waals surface area (Å²) in [4.78, 5) is 33.0. The first-order valence-electron chi connectivity index (χ1n) is 11.0. The van der Waals surface area contributed by atoms with Gasteiger partial charge in [-0.2, -0.15) is 5.10 Å². The largest absolute Gasteiger partial charge is 0.272 e. The van der Waals surface area contributed by atoms with E-state index in [0.717, 1.165) is 41.8 Å². The number of amides is 1. The van der Waals surface area contributed by atoms with Gasteiger partial charge >= 0.3 is 0 Å². The first kappa shape index (κ1) is 24.1. The number of rotatable bonds is 6. The number of carbonyl (C=O) groups excluding carboxylic acids is 1. The van der Waals surface area contributed by atoms with E-state index in [1.54, 1.807) is 34.1 Å². The van der Waals surface area contributed by atoms with E-state index < -0.39 is 0 Å². The fraction of sp³-hybridized carbons (Fsp3) is 0.200. The fourth-order valence-electron chi connectivity index (χ4n) is 4.04. The number of para-hydroxylation sites is 1. The molecule has 0 radical (unpaired) electrons. The monoisotopic (exact) mass is 542 g/mol. The minimum absolute atomic E-state index is 0.0382. The van der Waals surface area contributed by atoms with Crippen LogP contribution in [0.15, 0.2) is 63.6 Å². The van der Waals surface area contributed by atoms with Crippen LogP contribution < -0.4 is 11.0 Å². The Bertz CT molecular complexity index is 1500. The van der Waals surface area contributed by atoms with E-state index in [1.807, 2.05) is 30.3 Å². The molecule has 0 unspecified atom stereocenters. The lowest BCUT2D eigenvalue weighted by molar-refractivity contribution is -0.118. The molecular weight excluding hydrogens is 523 g/mol. The smallest absolute Gasteiger partial charge is 0.267 e. The van der Waals surface area contributed by atoms with Gasteiger partial charge in [0.2, 0.25) is 0 Å². The highest BCUT2D eigenvalue weighted by molar-refractivity contribution is 7.99. The maximum atomic E-state index is 13.7. The molecule has 0 saturated heterocycles. The van der Waals surface area contributed by atoms with E-state index in [4.69, 9.17) is 28.2 Å². The molecule has 1 aliphatic carbocycles. The number of carbonyl (C=O) groups is 1. The first-order valence-corrected chi connectivity index (χ1v) is 13.6. The van der Waals surface area contributed by atoms with Crippen LogP contribution in [0.4, 0.5) is 0 Å². The van der Waals surface area contributed by atoms with E-state index in [1.165, 1.54) is 22.9 Å². The van der Waals surface area contributed by atoms with Gasteiger partial charge in [0.25, 0.3) is 11.5 Å². The van der Waals surface area contributed by atoms with Crippen LogP contribution in [0, 0.1) is 0 Å². The number of thiophene rings is 1. The Hall–Kier alpha value is -2.65. The quantitative estimate of drug-likeness (QED) is 0.143. The van der Waals surface area contributed by atoms with Gasteiger partial charge < -0.3 is 0 Å². The number of aryl methyl sites for hydroxylation is 2. The molecule has 6 nitrogen and oxygen atoms in total. The summed E-state index contributed by atoms with van der Waals surface area (Å²) in [5.74, 6) is -0.292. The molecule has 4 aromatic rings. The van der Waals surface area contributed by atoms with Crippen LogP contribution in [0.25, 0.3) is 15.9 Å². The van der Waals surface area contributed by atoms with E-state index in [2.05, 4.69) is 10.5 Å². The first-order chi connectivity index (χ1) is 17.0. The molecule has 2 aromatic carbocycles. The molecule has 2 heterocycles. The summed E-state index contributed by atoms with van der Waals surface area (Å²) >= 11 is 15.0. The van der Waals surface area contributed by atoms with Crippen molar-refractivity contribution in [1.29, 1.82) is 0 Å². The van der Waals surface area contributed by atoms with Gasteiger partial charge in [0.15, 0.2) is 5.16 Å². The van der Waals surface area contributed by atoms with Crippen molar-refractivity contribution in [3.05, 3.63) is 84.9 Å². The Balaban J connectivity index is 1.41. The molecule has 0 aliphatic heterocycles. The second kappa shape index (κ2) is 10.5. The second-order valence-corrected chi connectivity index (χ2v) is 10.8. The standard InChI is InChI=1S/C25H20Cl2N4O2S2/c26-18-11-6-7-15(22(18)27)13-28-30-20(32)14-34-25-29-23-21(17-10-4-5-12-19(17)35-23)24(33)31(25)16-8-2-1-3-9-16/h1-3,6-9,11,13H,4-5,10,12,14H2,(H,30,32)/b28-13+. The average molecular weight is 544 g/mol. The highest BCUT2D eigenvalue weighted by Gasteiger charge is 2.23. The van der Waals surface area contributed by atoms with Crippen molar-refractivity contribution in [1.82, 2.24) is 15.0 Å². The number of nitrogens with one attached hydrogen (secondary N) is 1. The normalized spacial score (nSPS) is 13.3. The number of hydrogen-bond acceptors (Lipinski definition) is 6. The number of nitrogens with zero attached hydrogens (tertiary/aromatic N) is 3. The molecule has 35 heavy (non-hydrogen) atoms. The fourth-order valence-corrected chi connectivity index (χ4v) is 6.51. The predicted octanol–water partition coefficient (Wildman–Crippen LogP) is 5.88. The molecule has 2 aromatic heterocycles.